The number of hydrogen-bond acceptors (Lipinski definition) is 7. The number of hydrogen-bond donors (Lipinski definition) is 1. The largest absolute Gasteiger partial charge is 0.507 e. The quantitative estimate of drug-likeness (QED) is 0.776. The average Bonchev–Trinajstić information content (AvgIpc) is 2.76. The molecule has 1 aromatic heterocycles. The second kappa shape index (κ2) is 9.80. The Bertz CT molecular complexity index is 844. The lowest BCUT2D eigenvalue weighted by Gasteiger charge is -2.34. The highest BCUT2D eigenvalue weighted by Crippen LogP contribution is 2.24. The third kappa shape index (κ3) is 5.42. The molecule has 0 amide bonds. The van der Waals surface area contributed by atoms with Gasteiger partial charge in [0.25, 0.3) is 0 Å². The van der Waals surface area contributed by atoms with Gasteiger partial charge in [-0.1, -0.05) is 30.3 Å². The Morgan fingerprint density at radius 1 is 0.862 bits per heavy atom. The first-order chi connectivity index (χ1) is 14.2. The van der Waals surface area contributed by atoms with Crippen molar-refractivity contribution in [1.29, 1.82) is 0 Å². The predicted octanol–water partition coefficient (Wildman–Crippen LogP) is 2.21. The van der Waals surface area contributed by atoms with Crippen LogP contribution in [0.25, 0.3) is 0 Å². The zero-order valence-corrected chi connectivity index (χ0v) is 17.6. The van der Waals surface area contributed by atoms with Crippen LogP contribution in [0.15, 0.2) is 45.8 Å². The zero-order chi connectivity index (χ0) is 20.1. The molecule has 29 heavy (non-hydrogen) atoms. The molecule has 1 aromatic carbocycles. The molecule has 0 saturated carbocycles. The molecule has 6 nitrogen and oxygen atoms in total. The molecule has 2 aromatic rings. The standard InChI is InChI=1S/C22H29N3O3S/c26-21-19(15-25-10-12-29-13-11-25)17-28-22(27)20(21)16-24-8-6-23(7-9-24)14-18-4-2-1-3-5-18/h1-5,17,26H,6-16H2. The van der Waals surface area contributed by atoms with Gasteiger partial charge in [0.2, 0.25) is 0 Å². The van der Waals surface area contributed by atoms with Gasteiger partial charge in [0, 0.05) is 76.0 Å². The number of rotatable bonds is 6. The second-order valence-electron chi connectivity index (χ2n) is 7.80. The summed E-state index contributed by atoms with van der Waals surface area (Å²) in [7, 11) is 0. The van der Waals surface area contributed by atoms with Crippen LogP contribution in [-0.4, -0.2) is 70.6 Å². The topological polar surface area (TPSA) is 60.2 Å². The number of piperazine rings is 1. The van der Waals surface area contributed by atoms with Gasteiger partial charge in [-0.05, 0) is 5.56 Å². The minimum Gasteiger partial charge on any atom is -0.507 e. The summed E-state index contributed by atoms with van der Waals surface area (Å²) in [5.41, 5.74) is 2.01. The molecule has 2 aliphatic heterocycles. The van der Waals surface area contributed by atoms with Gasteiger partial charge in [0.05, 0.1) is 5.56 Å². The minimum absolute atomic E-state index is 0.117. The summed E-state index contributed by atoms with van der Waals surface area (Å²) >= 11 is 1.95. The summed E-state index contributed by atoms with van der Waals surface area (Å²) < 4.78 is 5.27. The van der Waals surface area contributed by atoms with Crippen LogP contribution < -0.4 is 5.63 Å². The Kier molecular flexibility index (Phi) is 6.92. The molecule has 0 spiro atoms. The van der Waals surface area contributed by atoms with Crippen LogP contribution in [0, 0.1) is 0 Å². The molecule has 0 atom stereocenters. The van der Waals surface area contributed by atoms with Gasteiger partial charge >= 0.3 is 5.63 Å². The molecule has 7 heteroatoms. The van der Waals surface area contributed by atoms with E-state index in [2.05, 4.69) is 39.0 Å². The molecular formula is C22H29N3O3S. The Morgan fingerprint density at radius 3 is 2.17 bits per heavy atom. The maximum Gasteiger partial charge on any atom is 0.343 e. The van der Waals surface area contributed by atoms with Crippen LogP contribution in [0.2, 0.25) is 0 Å². The van der Waals surface area contributed by atoms with Crippen molar-refractivity contribution in [3.63, 3.8) is 0 Å². The average molecular weight is 416 g/mol. The zero-order valence-electron chi connectivity index (χ0n) is 16.8. The fourth-order valence-electron chi connectivity index (χ4n) is 3.96. The van der Waals surface area contributed by atoms with Crippen molar-refractivity contribution in [1.82, 2.24) is 14.7 Å². The van der Waals surface area contributed by atoms with Gasteiger partial charge < -0.3 is 9.52 Å². The van der Waals surface area contributed by atoms with Crippen LogP contribution in [0.5, 0.6) is 5.75 Å². The van der Waals surface area contributed by atoms with E-state index in [1.807, 2.05) is 17.8 Å². The number of nitrogens with zero attached hydrogens (tertiary/aromatic N) is 3. The maximum atomic E-state index is 12.3. The molecule has 0 aliphatic carbocycles. The first-order valence-corrected chi connectivity index (χ1v) is 11.5. The van der Waals surface area contributed by atoms with Crippen molar-refractivity contribution in [2.24, 2.45) is 0 Å². The van der Waals surface area contributed by atoms with E-state index < -0.39 is 5.63 Å². The highest BCUT2D eigenvalue weighted by Gasteiger charge is 2.22. The van der Waals surface area contributed by atoms with Crippen LogP contribution in [0.1, 0.15) is 16.7 Å². The Labute approximate surface area is 176 Å². The lowest BCUT2D eigenvalue weighted by molar-refractivity contribution is 0.120. The van der Waals surface area contributed by atoms with E-state index in [1.54, 1.807) is 0 Å². The van der Waals surface area contributed by atoms with Gasteiger partial charge in [-0.15, -0.1) is 0 Å². The van der Waals surface area contributed by atoms with Gasteiger partial charge in [-0.3, -0.25) is 14.7 Å². The van der Waals surface area contributed by atoms with Crippen molar-refractivity contribution >= 4 is 11.8 Å². The van der Waals surface area contributed by atoms with Crippen LogP contribution >= 0.6 is 11.8 Å². The first kappa shape index (κ1) is 20.5. The van der Waals surface area contributed by atoms with Crippen LogP contribution in [0.4, 0.5) is 0 Å². The second-order valence-corrected chi connectivity index (χ2v) is 9.03. The molecule has 0 radical (unpaired) electrons. The number of benzene rings is 1. The normalized spacial score (nSPS) is 19.4. The molecule has 3 heterocycles. The molecule has 2 fully saturated rings. The highest BCUT2D eigenvalue weighted by atomic mass is 32.2. The number of aromatic hydroxyl groups is 1. The summed E-state index contributed by atoms with van der Waals surface area (Å²) in [6.07, 6.45) is 1.43. The Balaban J connectivity index is 1.35. The molecule has 2 aliphatic rings. The fourth-order valence-corrected chi connectivity index (χ4v) is 4.94. The van der Waals surface area contributed by atoms with Gasteiger partial charge in [-0.25, -0.2) is 4.79 Å². The van der Waals surface area contributed by atoms with Gasteiger partial charge in [0.1, 0.15) is 12.0 Å². The summed E-state index contributed by atoms with van der Waals surface area (Å²) in [4.78, 5) is 19.2. The lowest BCUT2D eigenvalue weighted by atomic mass is 10.1. The van der Waals surface area contributed by atoms with E-state index >= 15 is 0 Å². The molecule has 1 N–H and O–H groups in total. The van der Waals surface area contributed by atoms with Gasteiger partial charge in [0.15, 0.2) is 0 Å². The first-order valence-electron chi connectivity index (χ1n) is 10.3. The monoisotopic (exact) mass is 415 g/mol. The van der Waals surface area contributed by atoms with Crippen molar-refractivity contribution in [3.8, 4) is 5.75 Å². The highest BCUT2D eigenvalue weighted by molar-refractivity contribution is 7.99. The SMILES string of the molecule is O=c1occ(CN2CCSCC2)c(O)c1CN1CCN(Cc2ccccc2)CC1. The number of thioether (sulfide) groups is 1. The van der Waals surface area contributed by atoms with E-state index in [-0.39, 0.29) is 5.75 Å². The van der Waals surface area contributed by atoms with Crippen LogP contribution in [-0.2, 0) is 19.6 Å². The predicted molar refractivity (Wildman–Crippen MR) is 116 cm³/mol. The van der Waals surface area contributed by atoms with Crippen LogP contribution in [0.3, 0.4) is 0 Å². The Morgan fingerprint density at radius 2 is 1.48 bits per heavy atom. The third-order valence-electron chi connectivity index (χ3n) is 5.74. The minimum atomic E-state index is -0.424. The Hall–Kier alpha value is -1.80. The lowest BCUT2D eigenvalue weighted by Crippen LogP contribution is -2.45. The smallest absolute Gasteiger partial charge is 0.343 e. The summed E-state index contributed by atoms with van der Waals surface area (Å²) in [6, 6.07) is 10.5. The molecule has 156 valence electrons. The van der Waals surface area contributed by atoms with Gasteiger partial charge in [-0.2, -0.15) is 11.8 Å². The van der Waals surface area contributed by atoms with Crippen molar-refractivity contribution in [3.05, 3.63) is 63.7 Å². The summed E-state index contributed by atoms with van der Waals surface area (Å²) in [6.45, 7) is 7.68. The van der Waals surface area contributed by atoms with E-state index in [0.29, 0.717) is 24.2 Å². The molecule has 0 unspecified atom stereocenters. The van der Waals surface area contributed by atoms with E-state index in [1.165, 1.54) is 11.8 Å². The molecule has 4 rings (SSSR count). The fraction of sp³-hybridized carbons (Fsp3) is 0.500. The molecule has 0 bridgehead atoms. The van der Waals surface area contributed by atoms with Crippen molar-refractivity contribution in [2.75, 3.05) is 50.8 Å². The van der Waals surface area contributed by atoms with E-state index in [0.717, 1.165) is 57.3 Å². The molecular weight excluding hydrogens is 386 g/mol. The maximum absolute atomic E-state index is 12.3. The van der Waals surface area contributed by atoms with E-state index in [4.69, 9.17) is 4.42 Å². The third-order valence-corrected chi connectivity index (χ3v) is 6.68. The molecule has 2 saturated heterocycles. The van der Waals surface area contributed by atoms with Crippen molar-refractivity contribution in [2.45, 2.75) is 19.6 Å². The van der Waals surface area contributed by atoms with Crippen molar-refractivity contribution < 1.29 is 9.52 Å². The van der Waals surface area contributed by atoms with E-state index in [9.17, 15) is 9.90 Å². The summed E-state index contributed by atoms with van der Waals surface area (Å²) in [5.74, 6) is 2.33. The summed E-state index contributed by atoms with van der Waals surface area (Å²) in [5, 5.41) is 10.7.